The van der Waals surface area contributed by atoms with Gasteiger partial charge in [0.05, 0.1) is 23.8 Å². The number of aromatic nitrogens is 4. The Morgan fingerprint density at radius 3 is 2.66 bits per heavy atom. The Balaban J connectivity index is 1.42. The van der Waals surface area contributed by atoms with Gasteiger partial charge in [-0.05, 0) is 32.8 Å². The second-order valence-corrected chi connectivity index (χ2v) is 10.3. The molecule has 170 valence electrons. The van der Waals surface area contributed by atoms with Crippen LogP contribution in [0.4, 0.5) is 0 Å². The normalized spacial score (nSPS) is 17.1. The van der Waals surface area contributed by atoms with Crippen LogP contribution in [0.1, 0.15) is 42.9 Å². The molecule has 0 bridgehead atoms. The number of pyridine rings is 1. The van der Waals surface area contributed by atoms with Gasteiger partial charge in [-0.2, -0.15) is 10.1 Å². The van der Waals surface area contributed by atoms with Crippen molar-refractivity contribution in [3.8, 4) is 11.8 Å². The van der Waals surface area contributed by atoms with Crippen LogP contribution in [0.15, 0.2) is 36.5 Å². The molecule has 1 amide bonds. The lowest BCUT2D eigenvalue weighted by molar-refractivity contribution is 0.0894. The summed E-state index contributed by atoms with van der Waals surface area (Å²) >= 11 is 0. The third-order valence-corrected chi connectivity index (χ3v) is 6.97. The minimum absolute atomic E-state index is 0.0690. The van der Waals surface area contributed by atoms with Gasteiger partial charge in [-0.3, -0.25) is 4.79 Å². The number of rotatable bonds is 7. The second-order valence-electron chi connectivity index (χ2n) is 7.95. The summed E-state index contributed by atoms with van der Waals surface area (Å²) in [5, 5.41) is 7.20. The fourth-order valence-corrected chi connectivity index (χ4v) is 5.15. The van der Waals surface area contributed by atoms with E-state index in [0.29, 0.717) is 42.5 Å². The number of carbonyl (C=O) groups is 1. The fraction of sp³-hybridized carbons (Fsp3) is 0.429. The van der Waals surface area contributed by atoms with Crippen molar-refractivity contribution in [2.75, 3.05) is 18.1 Å². The molecule has 1 saturated heterocycles. The Kier molecular flexibility index (Phi) is 6.00. The van der Waals surface area contributed by atoms with Gasteiger partial charge in [0.1, 0.15) is 16.4 Å². The van der Waals surface area contributed by atoms with Crippen LogP contribution in [0.3, 0.4) is 0 Å². The SMILES string of the molecule is CCOc1cccc(COc2ccn3nc(C(=O)NC4(C)CCS(=O)(=O)CC4)cc3n2)n1. The summed E-state index contributed by atoms with van der Waals surface area (Å²) < 4.78 is 36.0. The summed E-state index contributed by atoms with van der Waals surface area (Å²) in [6, 6.07) is 8.68. The monoisotopic (exact) mass is 459 g/mol. The van der Waals surface area contributed by atoms with E-state index in [9.17, 15) is 13.2 Å². The Bertz CT molecular complexity index is 1230. The summed E-state index contributed by atoms with van der Waals surface area (Å²) in [7, 11) is -3.02. The van der Waals surface area contributed by atoms with Crippen molar-refractivity contribution in [3.63, 3.8) is 0 Å². The molecule has 3 aromatic rings. The average Bonchev–Trinajstić information content (AvgIpc) is 3.19. The van der Waals surface area contributed by atoms with Crippen LogP contribution in [0.2, 0.25) is 0 Å². The lowest BCUT2D eigenvalue weighted by Gasteiger charge is -2.34. The van der Waals surface area contributed by atoms with Gasteiger partial charge in [-0.1, -0.05) is 6.07 Å². The molecule has 1 aliphatic rings. The number of hydrogen-bond donors (Lipinski definition) is 1. The van der Waals surface area contributed by atoms with E-state index in [1.165, 1.54) is 4.52 Å². The van der Waals surface area contributed by atoms with Crippen molar-refractivity contribution in [1.82, 2.24) is 24.9 Å². The summed E-state index contributed by atoms with van der Waals surface area (Å²) in [6.07, 6.45) is 2.42. The highest BCUT2D eigenvalue weighted by molar-refractivity contribution is 7.91. The van der Waals surface area contributed by atoms with Gasteiger partial charge in [-0.25, -0.2) is 17.9 Å². The van der Waals surface area contributed by atoms with Crippen molar-refractivity contribution in [3.05, 3.63) is 47.9 Å². The van der Waals surface area contributed by atoms with E-state index in [2.05, 4.69) is 20.4 Å². The number of carbonyl (C=O) groups excluding carboxylic acids is 1. The molecule has 32 heavy (non-hydrogen) atoms. The molecule has 1 N–H and O–H groups in total. The van der Waals surface area contributed by atoms with E-state index in [1.54, 1.807) is 24.4 Å². The van der Waals surface area contributed by atoms with Crippen LogP contribution in [0, 0.1) is 0 Å². The molecule has 0 atom stereocenters. The minimum atomic E-state index is -3.02. The molecule has 10 nitrogen and oxygen atoms in total. The predicted octanol–water partition coefficient (Wildman–Crippen LogP) is 1.80. The third-order valence-electron chi connectivity index (χ3n) is 5.32. The molecule has 4 heterocycles. The number of amides is 1. The van der Waals surface area contributed by atoms with E-state index >= 15 is 0 Å². The maximum atomic E-state index is 12.7. The van der Waals surface area contributed by atoms with Crippen molar-refractivity contribution in [2.24, 2.45) is 0 Å². The van der Waals surface area contributed by atoms with E-state index in [1.807, 2.05) is 26.0 Å². The van der Waals surface area contributed by atoms with E-state index in [4.69, 9.17) is 9.47 Å². The standard InChI is InChI=1S/C21H25N5O5S/c1-3-30-18-6-4-5-15(22-18)14-31-19-7-10-26-17(23-19)13-16(25-26)20(27)24-21(2)8-11-32(28,29)12-9-21/h4-7,10,13H,3,8-9,11-12,14H2,1-2H3,(H,24,27). The highest BCUT2D eigenvalue weighted by Crippen LogP contribution is 2.24. The summed E-state index contributed by atoms with van der Waals surface area (Å²) in [4.78, 5) is 21.5. The van der Waals surface area contributed by atoms with Crippen molar-refractivity contribution < 1.29 is 22.7 Å². The van der Waals surface area contributed by atoms with Gasteiger partial charge in [0.2, 0.25) is 11.8 Å². The molecule has 0 unspecified atom stereocenters. The summed E-state index contributed by atoms with van der Waals surface area (Å²) in [6.45, 7) is 4.50. The van der Waals surface area contributed by atoms with Gasteiger partial charge >= 0.3 is 0 Å². The Hall–Kier alpha value is -3.21. The molecule has 1 fully saturated rings. The van der Waals surface area contributed by atoms with Crippen LogP contribution in [0.5, 0.6) is 11.8 Å². The molecule has 4 rings (SSSR count). The van der Waals surface area contributed by atoms with Gasteiger partial charge in [0.15, 0.2) is 11.3 Å². The molecular weight excluding hydrogens is 434 g/mol. The van der Waals surface area contributed by atoms with Crippen LogP contribution in [-0.4, -0.2) is 57.6 Å². The molecule has 0 radical (unpaired) electrons. The van der Waals surface area contributed by atoms with Crippen molar-refractivity contribution in [2.45, 2.75) is 38.8 Å². The molecule has 0 saturated carbocycles. The highest BCUT2D eigenvalue weighted by Gasteiger charge is 2.35. The predicted molar refractivity (Wildman–Crippen MR) is 116 cm³/mol. The fourth-order valence-electron chi connectivity index (χ4n) is 3.42. The van der Waals surface area contributed by atoms with Gasteiger partial charge < -0.3 is 14.8 Å². The number of nitrogens with one attached hydrogen (secondary N) is 1. The molecule has 0 aliphatic carbocycles. The maximum absolute atomic E-state index is 12.7. The summed E-state index contributed by atoms with van der Waals surface area (Å²) in [5.74, 6) is 0.681. The minimum Gasteiger partial charge on any atom is -0.478 e. The van der Waals surface area contributed by atoms with Crippen LogP contribution >= 0.6 is 0 Å². The van der Waals surface area contributed by atoms with Crippen molar-refractivity contribution >= 4 is 21.4 Å². The lowest BCUT2D eigenvalue weighted by atomic mass is 9.95. The zero-order valence-corrected chi connectivity index (χ0v) is 18.8. The number of nitrogens with zero attached hydrogens (tertiary/aromatic N) is 4. The Morgan fingerprint density at radius 1 is 1.16 bits per heavy atom. The first-order valence-corrected chi connectivity index (χ1v) is 12.2. The smallest absolute Gasteiger partial charge is 0.272 e. The largest absolute Gasteiger partial charge is 0.478 e. The molecule has 11 heteroatoms. The first-order valence-electron chi connectivity index (χ1n) is 10.4. The van der Waals surface area contributed by atoms with Gasteiger partial charge in [-0.15, -0.1) is 0 Å². The first kappa shape index (κ1) is 22.0. The highest BCUT2D eigenvalue weighted by atomic mass is 32.2. The average molecular weight is 460 g/mol. The topological polar surface area (TPSA) is 125 Å². The number of hydrogen-bond acceptors (Lipinski definition) is 8. The van der Waals surface area contributed by atoms with Gasteiger partial charge in [0, 0.05) is 29.9 Å². The molecule has 0 aromatic carbocycles. The molecule has 0 spiro atoms. The van der Waals surface area contributed by atoms with E-state index in [-0.39, 0.29) is 29.7 Å². The quantitative estimate of drug-likeness (QED) is 0.567. The number of fused-ring (bicyclic) bond motifs is 1. The number of ether oxygens (including phenoxy) is 2. The summed E-state index contributed by atoms with van der Waals surface area (Å²) in [5.41, 5.74) is 0.785. The zero-order chi connectivity index (χ0) is 22.8. The molecule has 3 aromatic heterocycles. The van der Waals surface area contributed by atoms with E-state index in [0.717, 1.165) is 0 Å². The Labute approximate surface area is 185 Å². The van der Waals surface area contributed by atoms with Gasteiger partial charge in [0.25, 0.3) is 5.91 Å². The van der Waals surface area contributed by atoms with Crippen LogP contribution in [0.25, 0.3) is 5.65 Å². The lowest BCUT2D eigenvalue weighted by Crippen LogP contribution is -2.51. The number of sulfone groups is 1. The third kappa shape index (κ3) is 5.16. The zero-order valence-electron chi connectivity index (χ0n) is 17.9. The first-order chi connectivity index (χ1) is 15.3. The van der Waals surface area contributed by atoms with Crippen molar-refractivity contribution in [1.29, 1.82) is 0 Å². The molecule has 1 aliphatic heterocycles. The second kappa shape index (κ2) is 8.73. The Morgan fingerprint density at radius 2 is 1.91 bits per heavy atom. The maximum Gasteiger partial charge on any atom is 0.272 e. The molecular formula is C21H25N5O5S. The van der Waals surface area contributed by atoms with Crippen LogP contribution in [-0.2, 0) is 16.4 Å². The van der Waals surface area contributed by atoms with Crippen LogP contribution < -0.4 is 14.8 Å². The van der Waals surface area contributed by atoms with E-state index < -0.39 is 15.4 Å².